The molecule has 0 aliphatic rings. The van der Waals surface area contributed by atoms with E-state index in [0.29, 0.717) is 12.4 Å². The minimum absolute atomic E-state index is 0.0687. The molecular weight excluding hydrogens is 358 g/mol. The van der Waals surface area contributed by atoms with Gasteiger partial charge >= 0.3 is 0 Å². The Balaban J connectivity index is 1.78. The number of hydrogen-bond donors (Lipinski definition) is 2. The fraction of sp³-hybridized carbons (Fsp3) is 0.222. The van der Waals surface area contributed by atoms with Gasteiger partial charge < -0.3 is 9.84 Å². The average molecular weight is 377 g/mol. The van der Waals surface area contributed by atoms with E-state index >= 15 is 0 Å². The average Bonchev–Trinajstić information content (AvgIpc) is 3.05. The summed E-state index contributed by atoms with van der Waals surface area (Å²) in [6.45, 7) is 2.06. The highest BCUT2D eigenvalue weighted by molar-refractivity contribution is 7.89. The molecule has 25 heavy (non-hydrogen) atoms. The molecule has 0 aliphatic heterocycles. The Bertz CT molecular complexity index is 966. The van der Waals surface area contributed by atoms with Gasteiger partial charge in [-0.15, -0.1) is 11.3 Å². The molecule has 2 N–H and O–H groups in total. The van der Waals surface area contributed by atoms with Gasteiger partial charge in [0.2, 0.25) is 10.0 Å². The Morgan fingerprint density at radius 2 is 1.88 bits per heavy atom. The summed E-state index contributed by atoms with van der Waals surface area (Å²) in [5.74, 6) is 0.299. The summed E-state index contributed by atoms with van der Waals surface area (Å²) < 4.78 is 34.0. The van der Waals surface area contributed by atoms with Gasteiger partial charge in [-0.2, -0.15) is 0 Å². The first-order valence-electron chi connectivity index (χ1n) is 7.88. The molecule has 1 aromatic heterocycles. The summed E-state index contributed by atoms with van der Waals surface area (Å²) >= 11 is 1.52. The fourth-order valence-corrected chi connectivity index (χ4v) is 4.77. The number of fused-ring (bicyclic) bond motifs is 1. The molecule has 0 amide bonds. The number of sulfonamides is 1. The number of hydrogen-bond acceptors (Lipinski definition) is 5. The van der Waals surface area contributed by atoms with Crippen LogP contribution < -0.4 is 9.46 Å². The molecule has 3 rings (SSSR count). The van der Waals surface area contributed by atoms with Crippen LogP contribution >= 0.6 is 11.3 Å². The molecule has 0 spiro atoms. The summed E-state index contributed by atoms with van der Waals surface area (Å²) in [4.78, 5) is 0.0687. The third-order valence-electron chi connectivity index (χ3n) is 3.78. The third-order valence-corrected chi connectivity index (χ3v) is 6.22. The van der Waals surface area contributed by atoms with Crippen LogP contribution in [0.25, 0.3) is 10.1 Å². The molecule has 7 heteroatoms. The summed E-state index contributed by atoms with van der Waals surface area (Å²) in [7, 11) is -3.78. The molecule has 0 aliphatic carbocycles. The van der Waals surface area contributed by atoms with E-state index < -0.39 is 16.1 Å². The van der Waals surface area contributed by atoms with Crippen molar-refractivity contribution in [2.24, 2.45) is 0 Å². The van der Waals surface area contributed by atoms with Crippen LogP contribution in [0.5, 0.6) is 5.75 Å². The van der Waals surface area contributed by atoms with E-state index in [0.717, 1.165) is 15.6 Å². The standard InChI is InChI=1S/C18H19NO4S2/c1-2-23-16-8-4-6-10-18(16)25(21,22)19-11-15(20)14-12-24-17-9-5-3-7-13(14)17/h3-10,12,15,19-20H,2,11H2,1H3. The van der Waals surface area contributed by atoms with E-state index in [1.54, 1.807) is 25.1 Å². The van der Waals surface area contributed by atoms with Crippen molar-refractivity contribution in [3.05, 3.63) is 59.5 Å². The molecule has 0 fully saturated rings. The lowest BCUT2D eigenvalue weighted by Gasteiger charge is -2.14. The smallest absolute Gasteiger partial charge is 0.244 e. The minimum Gasteiger partial charge on any atom is -0.492 e. The van der Waals surface area contributed by atoms with Crippen molar-refractivity contribution >= 4 is 31.4 Å². The Morgan fingerprint density at radius 1 is 1.16 bits per heavy atom. The number of benzene rings is 2. The third kappa shape index (κ3) is 3.85. The Labute approximate surface area is 150 Å². The van der Waals surface area contributed by atoms with Gasteiger partial charge in [-0.05, 0) is 35.9 Å². The predicted molar refractivity (Wildman–Crippen MR) is 99.6 cm³/mol. The highest BCUT2D eigenvalue weighted by Gasteiger charge is 2.21. The molecule has 2 aromatic carbocycles. The van der Waals surface area contributed by atoms with Crippen LogP contribution in [-0.2, 0) is 10.0 Å². The Hall–Kier alpha value is -1.93. The van der Waals surface area contributed by atoms with Crippen molar-refractivity contribution in [1.82, 2.24) is 4.72 Å². The Morgan fingerprint density at radius 3 is 2.68 bits per heavy atom. The molecule has 132 valence electrons. The number of nitrogens with one attached hydrogen (secondary N) is 1. The van der Waals surface area contributed by atoms with Gasteiger partial charge in [0, 0.05) is 16.8 Å². The molecule has 1 unspecified atom stereocenters. The maximum Gasteiger partial charge on any atom is 0.244 e. The van der Waals surface area contributed by atoms with Crippen molar-refractivity contribution in [2.75, 3.05) is 13.2 Å². The zero-order valence-corrected chi connectivity index (χ0v) is 15.3. The van der Waals surface area contributed by atoms with Crippen LogP contribution in [0, 0.1) is 0 Å². The van der Waals surface area contributed by atoms with Gasteiger partial charge in [0.1, 0.15) is 10.6 Å². The first-order valence-corrected chi connectivity index (χ1v) is 10.2. The molecule has 3 aromatic rings. The summed E-state index contributed by atoms with van der Waals surface area (Å²) in [5, 5.41) is 13.2. The number of thiophene rings is 1. The van der Waals surface area contributed by atoms with E-state index in [1.165, 1.54) is 17.4 Å². The zero-order valence-electron chi connectivity index (χ0n) is 13.7. The molecule has 1 heterocycles. The largest absolute Gasteiger partial charge is 0.492 e. The SMILES string of the molecule is CCOc1ccccc1S(=O)(=O)NCC(O)c1csc2ccccc12. The normalized spacial score (nSPS) is 13.0. The van der Waals surface area contributed by atoms with Gasteiger partial charge in [0.05, 0.1) is 12.7 Å². The number of ether oxygens (including phenoxy) is 1. The van der Waals surface area contributed by atoms with E-state index in [2.05, 4.69) is 4.72 Å². The topological polar surface area (TPSA) is 75.6 Å². The van der Waals surface area contributed by atoms with Crippen LogP contribution in [0.2, 0.25) is 0 Å². The fourth-order valence-electron chi connectivity index (χ4n) is 2.58. The lowest BCUT2D eigenvalue weighted by molar-refractivity contribution is 0.184. The summed E-state index contributed by atoms with van der Waals surface area (Å²) in [6, 6.07) is 14.2. The molecule has 5 nitrogen and oxygen atoms in total. The highest BCUT2D eigenvalue weighted by atomic mass is 32.2. The van der Waals surface area contributed by atoms with Gasteiger partial charge in [-0.25, -0.2) is 13.1 Å². The van der Waals surface area contributed by atoms with E-state index in [4.69, 9.17) is 4.74 Å². The Kier molecular flexibility index (Phi) is 5.39. The lowest BCUT2D eigenvalue weighted by atomic mass is 10.1. The lowest BCUT2D eigenvalue weighted by Crippen LogP contribution is -2.28. The number of rotatable bonds is 7. The van der Waals surface area contributed by atoms with Crippen LogP contribution in [0.3, 0.4) is 0 Å². The summed E-state index contributed by atoms with van der Waals surface area (Å²) in [5.41, 5.74) is 0.724. The van der Waals surface area contributed by atoms with Gasteiger partial charge in [-0.3, -0.25) is 0 Å². The molecular formula is C18H19NO4S2. The van der Waals surface area contributed by atoms with Gasteiger partial charge in [-0.1, -0.05) is 30.3 Å². The van der Waals surface area contributed by atoms with Crippen LogP contribution in [0.1, 0.15) is 18.6 Å². The van der Waals surface area contributed by atoms with Crippen LogP contribution in [0.15, 0.2) is 58.8 Å². The van der Waals surface area contributed by atoms with Crippen molar-refractivity contribution in [3.8, 4) is 5.75 Å². The van der Waals surface area contributed by atoms with Crippen LogP contribution in [-0.4, -0.2) is 26.7 Å². The second-order valence-corrected chi connectivity index (χ2v) is 8.08. The van der Waals surface area contributed by atoms with Gasteiger partial charge in [0.15, 0.2) is 0 Å². The van der Waals surface area contributed by atoms with Gasteiger partial charge in [0.25, 0.3) is 0 Å². The first-order chi connectivity index (χ1) is 12.0. The van der Waals surface area contributed by atoms with Crippen LogP contribution in [0.4, 0.5) is 0 Å². The monoisotopic (exact) mass is 377 g/mol. The van der Waals surface area contributed by atoms with E-state index in [1.807, 2.05) is 29.6 Å². The molecule has 0 saturated heterocycles. The molecule has 0 saturated carbocycles. The van der Waals surface area contributed by atoms with Crippen molar-refractivity contribution in [1.29, 1.82) is 0 Å². The zero-order chi connectivity index (χ0) is 17.9. The number of para-hydroxylation sites is 1. The quantitative estimate of drug-likeness (QED) is 0.662. The predicted octanol–water partition coefficient (Wildman–Crippen LogP) is 3.31. The molecule has 0 radical (unpaired) electrons. The maximum absolute atomic E-state index is 12.6. The second kappa shape index (κ2) is 7.53. The first kappa shape index (κ1) is 17.9. The van der Waals surface area contributed by atoms with E-state index in [9.17, 15) is 13.5 Å². The maximum atomic E-state index is 12.6. The van der Waals surface area contributed by atoms with Crippen molar-refractivity contribution in [2.45, 2.75) is 17.9 Å². The minimum atomic E-state index is -3.78. The number of aliphatic hydroxyl groups excluding tert-OH is 1. The molecule has 0 bridgehead atoms. The van der Waals surface area contributed by atoms with Crippen molar-refractivity contribution < 1.29 is 18.3 Å². The highest BCUT2D eigenvalue weighted by Crippen LogP contribution is 2.30. The second-order valence-electron chi connectivity index (χ2n) is 5.43. The molecule has 1 atom stereocenters. The summed E-state index contributed by atoms with van der Waals surface area (Å²) in [6.07, 6.45) is -0.926. The van der Waals surface area contributed by atoms with Crippen molar-refractivity contribution in [3.63, 3.8) is 0 Å². The van der Waals surface area contributed by atoms with E-state index in [-0.39, 0.29) is 11.4 Å². The number of aliphatic hydroxyl groups is 1.